The Bertz CT molecular complexity index is 540. The van der Waals surface area contributed by atoms with Crippen molar-refractivity contribution in [3.8, 4) is 0 Å². The number of carbonyl (C=O) groups is 1. The molecule has 1 aliphatic heterocycles. The molecule has 1 heterocycles. The number of nitrogens with zero attached hydrogens (tertiary/aromatic N) is 1. The number of halogens is 1. The van der Waals surface area contributed by atoms with Crippen LogP contribution < -0.4 is 16.0 Å². The number of guanidine groups is 1. The molecule has 1 fully saturated rings. The summed E-state index contributed by atoms with van der Waals surface area (Å²) in [6.07, 6.45) is 1.81. The van der Waals surface area contributed by atoms with Gasteiger partial charge in [0.25, 0.3) is 0 Å². The van der Waals surface area contributed by atoms with Crippen molar-refractivity contribution < 1.29 is 17.9 Å². The molecular weight excluding hydrogens is 471 g/mol. The molecule has 1 unspecified atom stereocenters. The van der Waals surface area contributed by atoms with Gasteiger partial charge in [-0.25, -0.2) is 8.42 Å². The third kappa shape index (κ3) is 11.9. The summed E-state index contributed by atoms with van der Waals surface area (Å²) in [5.41, 5.74) is 0. The first-order valence-electron chi connectivity index (χ1n) is 8.84. The van der Waals surface area contributed by atoms with Crippen LogP contribution in [0.3, 0.4) is 0 Å². The van der Waals surface area contributed by atoms with Gasteiger partial charge in [0.1, 0.15) is 0 Å². The van der Waals surface area contributed by atoms with Crippen molar-refractivity contribution in [2.75, 3.05) is 44.9 Å². The van der Waals surface area contributed by atoms with Crippen LogP contribution in [0.4, 0.5) is 0 Å². The third-order valence-electron chi connectivity index (χ3n) is 3.84. The Morgan fingerprint density at radius 3 is 2.50 bits per heavy atom. The highest BCUT2D eigenvalue weighted by Crippen LogP contribution is 2.11. The lowest BCUT2D eigenvalue weighted by molar-refractivity contribution is -0.121. The van der Waals surface area contributed by atoms with Crippen LogP contribution in [0.5, 0.6) is 0 Å². The van der Waals surface area contributed by atoms with Crippen LogP contribution in [0.15, 0.2) is 4.99 Å². The van der Waals surface area contributed by atoms with E-state index >= 15 is 0 Å². The van der Waals surface area contributed by atoms with E-state index in [-0.39, 0.29) is 53.9 Å². The SMILES string of the molecule is CN=C(NCCOCCC(C)C)NCCC(=O)NC1CCS(=O)(=O)C1.I. The number of carbonyl (C=O) groups excluding carboxylic acids is 1. The molecule has 10 heteroatoms. The lowest BCUT2D eigenvalue weighted by Crippen LogP contribution is -2.42. The zero-order chi connectivity index (χ0) is 18.7. The summed E-state index contributed by atoms with van der Waals surface area (Å²) in [4.78, 5) is 15.9. The van der Waals surface area contributed by atoms with E-state index in [9.17, 15) is 13.2 Å². The van der Waals surface area contributed by atoms with Gasteiger partial charge in [-0.3, -0.25) is 9.79 Å². The second kappa shape index (κ2) is 13.5. The number of hydrogen-bond donors (Lipinski definition) is 3. The molecule has 0 aromatic carbocycles. The molecule has 3 N–H and O–H groups in total. The largest absolute Gasteiger partial charge is 0.380 e. The summed E-state index contributed by atoms with van der Waals surface area (Å²) < 4.78 is 28.2. The molecule has 26 heavy (non-hydrogen) atoms. The Hall–Kier alpha value is -0.620. The standard InChI is InChI=1S/C16H32N4O4S.HI/c1-13(2)5-9-24-10-8-19-16(17-3)18-7-4-15(21)20-14-6-11-25(22,23)12-14;/h13-14H,4-12H2,1-3H3,(H,20,21)(H2,17,18,19);1H. The van der Waals surface area contributed by atoms with E-state index in [0.29, 0.717) is 38.0 Å². The lowest BCUT2D eigenvalue weighted by atomic mass is 10.1. The molecule has 0 saturated carbocycles. The fraction of sp³-hybridized carbons (Fsp3) is 0.875. The van der Waals surface area contributed by atoms with E-state index < -0.39 is 9.84 Å². The fourth-order valence-electron chi connectivity index (χ4n) is 2.39. The van der Waals surface area contributed by atoms with E-state index in [1.165, 1.54) is 0 Å². The Morgan fingerprint density at radius 2 is 1.92 bits per heavy atom. The van der Waals surface area contributed by atoms with E-state index in [1.54, 1.807) is 7.05 Å². The van der Waals surface area contributed by atoms with E-state index in [2.05, 4.69) is 34.8 Å². The summed E-state index contributed by atoms with van der Waals surface area (Å²) in [6, 6.07) is -0.252. The van der Waals surface area contributed by atoms with Gasteiger partial charge in [-0.05, 0) is 18.8 Å². The Balaban J connectivity index is 0.00000625. The van der Waals surface area contributed by atoms with Crippen molar-refractivity contribution in [1.29, 1.82) is 0 Å². The summed E-state index contributed by atoms with van der Waals surface area (Å²) in [7, 11) is -1.31. The topological polar surface area (TPSA) is 109 Å². The van der Waals surface area contributed by atoms with Gasteiger partial charge in [0.2, 0.25) is 5.91 Å². The molecule has 0 bridgehead atoms. The van der Waals surface area contributed by atoms with Gasteiger partial charge < -0.3 is 20.7 Å². The third-order valence-corrected chi connectivity index (χ3v) is 5.61. The molecule has 1 atom stereocenters. The fourth-order valence-corrected chi connectivity index (χ4v) is 4.06. The summed E-state index contributed by atoms with van der Waals surface area (Å²) in [6.45, 7) is 6.75. The molecule has 1 aliphatic rings. The molecular formula is C16H33IN4O4S. The summed E-state index contributed by atoms with van der Waals surface area (Å²) in [5.74, 6) is 1.31. The van der Waals surface area contributed by atoms with Crippen LogP contribution in [0.25, 0.3) is 0 Å². The van der Waals surface area contributed by atoms with Crippen molar-refractivity contribution in [2.24, 2.45) is 10.9 Å². The minimum absolute atomic E-state index is 0. The number of hydrogen-bond acceptors (Lipinski definition) is 5. The number of rotatable bonds is 10. The summed E-state index contributed by atoms with van der Waals surface area (Å²) in [5, 5.41) is 8.94. The van der Waals surface area contributed by atoms with Crippen LogP contribution >= 0.6 is 24.0 Å². The maximum absolute atomic E-state index is 11.8. The lowest BCUT2D eigenvalue weighted by Gasteiger charge is -2.13. The van der Waals surface area contributed by atoms with Crippen LogP contribution in [-0.4, -0.2) is 71.2 Å². The van der Waals surface area contributed by atoms with Gasteiger partial charge >= 0.3 is 0 Å². The van der Waals surface area contributed by atoms with E-state index in [4.69, 9.17) is 4.74 Å². The number of ether oxygens (including phenoxy) is 1. The first-order valence-corrected chi connectivity index (χ1v) is 10.7. The Morgan fingerprint density at radius 1 is 1.23 bits per heavy atom. The minimum atomic E-state index is -2.97. The Kier molecular flexibility index (Phi) is 13.2. The zero-order valence-corrected chi connectivity index (χ0v) is 19.1. The molecule has 0 radical (unpaired) electrons. The number of sulfone groups is 1. The molecule has 0 spiro atoms. The van der Waals surface area contributed by atoms with Gasteiger partial charge in [0, 0.05) is 39.2 Å². The van der Waals surface area contributed by atoms with Gasteiger partial charge in [-0.2, -0.15) is 0 Å². The summed E-state index contributed by atoms with van der Waals surface area (Å²) >= 11 is 0. The molecule has 1 rings (SSSR count). The molecule has 0 aliphatic carbocycles. The molecule has 0 aromatic rings. The predicted octanol–water partition coefficient (Wildman–Crippen LogP) is 0.526. The number of nitrogens with one attached hydrogen (secondary N) is 3. The Labute approximate surface area is 174 Å². The average Bonchev–Trinajstić information content (AvgIpc) is 2.87. The predicted molar refractivity (Wildman–Crippen MR) is 115 cm³/mol. The van der Waals surface area contributed by atoms with E-state index in [1.807, 2.05) is 0 Å². The molecule has 1 saturated heterocycles. The van der Waals surface area contributed by atoms with Crippen molar-refractivity contribution in [2.45, 2.75) is 39.2 Å². The van der Waals surface area contributed by atoms with Crippen molar-refractivity contribution >= 4 is 45.7 Å². The van der Waals surface area contributed by atoms with Crippen LogP contribution in [-0.2, 0) is 19.4 Å². The smallest absolute Gasteiger partial charge is 0.222 e. The maximum atomic E-state index is 11.8. The minimum Gasteiger partial charge on any atom is -0.380 e. The second-order valence-electron chi connectivity index (χ2n) is 6.64. The molecule has 8 nitrogen and oxygen atoms in total. The van der Waals surface area contributed by atoms with Crippen LogP contribution in [0.2, 0.25) is 0 Å². The quantitative estimate of drug-likeness (QED) is 0.173. The average molecular weight is 504 g/mol. The monoisotopic (exact) mass is 504 g/mol. The van der Waals surface area contributed by atoms with Gasteiger partial charge in [-0.1, -0.05) is 13.8 Å². The van der Waals surface area contributed by atoms with E-state index in [0.717, 1.165) is 13.0 Å². The van der Waals surface area contributed by atoms with Crippen molar-refractivity contribution in [3.63, 3.8) is 0 Å². The number of aliphatic imine (C=N–C) groups is 1. The highest BCUT2D eigenvalue weighted by atomic mass is 127. The molecule has 0 aromatic heterocycles. The first kappa shape index (κ1) is 25.4. The van der Waals surface area contributed by atoms with Crippen LogP contribution in [0.1, 0.15) is 33.1 Å². The van der Waals surface area contributed by atoms with Gasteiger partial charge in [0.05, 0.1) is 18.1 Å². The first-order chi connectivity index (χ1) is 11.8. The van der Waals surface area contributed by atoms with Crippen molar-refractivity contribution in [1.82, 2.24) is 16.0 Å². The second-order valence-corrected chi connectivity index (χ2v) is 8.87. The molecule has 154 valence electrons. The number of amides is 1. The highest BCUT2D eigenvalue weighted by Gasteiger charge is 2.28. The zero-order valence-electron chi connectivity index (χ0n) is 15.9. The van der Waals surface area contributed by atoms with Crippen LogP contribution in [0, 0.1) is 5.92 Å². The van der Waals surface area contributed by atoms with Gasteiger partial charge in [0.15, 0.2) is 15.8 Å². The van der Waals surface area contributed by atoms with Crippen molar-refractivity contribution in [3.05, 3.63) is 0 Å². The molecule has 1 amide bonds. The highest BCUT2D eigenvalue weighted by molar-refractivity contribution is 14.0. The normalized spacial score (nSPS) is 19.1. The maximum Gasteiger partial charge on any atom is 0.222 e. The van der Waals surface area contributed by atoms with Gasteiger partial charge in [-0.15, -0.1) is 24.0 Å².